The van der Waals surface area contributed by atoms with Gasteiger partial charge in [0, 0.05) is 16.7 Å². The summed E-state index contributed by atoms with van der Waals surface area (Å²) in [5.74, 6) is 1.38. The first-order valence-corrected chi connectivity index (χ1v) is 6.57. The molecule has 0 amide bonds. The summed E-state index contributed by atoms with van der Waals surface area (Å²) in [6.07, 6.45) is 2.64. The van der Waals surface area contributed by atoms with Crippen LogP contribution in [0.3, 0.4) is 0 Å². The first kappa shape index (κ1) is 13.1. The first-order valence-electron chi connectivity index (χ1n) is 5.78. The van der Waals surface area contributed by atoms with Gasteiger partial charge in [0.25, 0.3) is 0 Å². The zero-order valence-corrected chi connectivity index (χ0v) is 11.8. The van der Waals surface area contributed by atoms with Gasteiger partial charge in [-0.3, -0.25) is 0 Å². The lowest BCUT2D eigenvalue weighted by Gasteiger charge is -2.07. The lowest BCUT2D eigenvalue weighted by molar-refractivity contribution is 0.462. The van der Waals surface area contributed by atoms with Gasteiger partial charge in [-0.2, -0.15) is 0 Å². The van der Waals surface area contributed by atoms with Crippen LogP contribution in [-0.4, -0.2) is 11.5 Å². The minimum atomic E-state index is 0.595. The monoisotopic (exact) mass is 306 g/mol. The van der Waals surface area contributed by atoms with Crippen LogP contribution >= 0.6 is 15.9 Å². The summed E-state index contributed by atoms with van der Waals surface area (Å²) < 4.78 is 6.75. The highest BCUT2D eigenvalue weighted by Crippen LogP contribution is 2.25. The first-order chi connectivity index (χ1) is 8.69. The lowest BCUT2D eigenvalue weighted by atomic mass is 10.2. The summed E-state index contributed by atoms with van der Waals surface area (Å²) in [6.45, 7) is 2.66. The normalized spacial score (nSPS) is 10.4. The summed E-state index contributed by atoms with van der Waals surface area (Å²) in [5, 5.41) is 0. The van der Waals surface area contributed by atoms with Gasteiger partial charge in [-0.05, 0) is 49.2 Å². The molecule has 0 bridgehead atoms. The van der Waals surface area contributed by atoms with Crippen molar-refractivity contribution in [1.29, 1.82) is 0 Å². The van der Waals surface area contributed by atoms with E-state index in [9.17, 15) is 0 Å². The van der Waals surface area contributed by atoms with Crippen LogP contribution in [0.1, 0.15) is 11.1 Å². The number of hydrogen-bond acceptors (Lipinski definition) is 3. The number of benzene rings is 1. The highest BCUT2D eigenvalue weighted by Gasteiger charge is 2.01. The van der Waals surface area contributed by atoms with Crippen molar-refractivity contribution in [2.75, 3.05) is 6.54 Å². The molecular formula is C14H15BrN2O. The molecule has 3 nitrogen and oxygen atoms in total. The highest BCUT2D eigenvalue weighted by molar-refractivity contribution is 9.10. The number of rotatable bonds is 4. The number of aromatic nitrogens is 1. The van der Waals surface area contributed by atoms with Crippen molar-refractivity contribution in [2.24, 2.45) is 5.73 Å². The van der Waals surface area contributed by atoms with E-state index in [1.807, 2.05) is 37.3 Å². The van der Waals surface area contributed by atoms with Gasteiger partial charge in [0.2, 0.25) is 5.88 Å². The number of aryl methyl sites for hydroxylation is 1. The maximum Gasteiger partial charge on any atom is 0.219 e. The minimum absolute atomic E-state index is 0.595. The third kappa shape index (κ3) is 3.31. The number of pyridine rings is 1. The van der Waals surface area contributed by atoms with Gasteiger partial charge in [0.1, 0.15) is 5.75 Å². The predicted octanol–water partition coefficient (Wildman–Crippen LogP) is 3.45. The fourth-order valence-corrected chi connectivity index (χ4v) is 1.83. The molecule has 18 heavy (non-hydrogen) atoms. The van der Waals surface area contributed by atoms with E-state index >= 15 is 0 Å². The Balaban J connectivity index is 2.10. The van der Waals surface area contributed by atoms with E-state index in [2.05, 4.69) is 20.9 Å². The van der Waals surface area contributed by atoms with Crippen LogP contribution in [0, 0.1) is 6.92 Å². The highest BCUT2D eigenvalue weighted by atomic mass is 79.9. The Bertz CT molecular complexity index is 526. The second-order valence-electron chi connectivity index (χ2n) is 4.06. The third-order valence-electron chi connectivity index (χ3n) is 2.58. The van der Waals surface area contributed by atoms with E-state index in [1.165, 1.54) is 0 Å². The van der Waals surface area contributed by atoms with E-state index in [4.69, 9.17) is 10.5 Å². The maximum absolute atomic E-state index is 5.68. The zero-order valence-electron chi connectivity index (χ0n) is 10.2. The summed E-state index contributed by atoms with van der Waals surface area (Å²) in [6, 6.07) is 9.70. The van der Waals surface area contributed by atoms with E-state index in [-0.39, 0.29) is 0 Å². The lowest BCUT2D eigenvalue weighted by Crippen LogP contribution is -2.02. The molecule has 2 rings (SSSR count). The summed E-state index contributed by atoms with van der Waals surface area (Å²) >= 11 is 3.46. The van der Waals surface area contributed by atoms with Gasteiger partial charge in [-0.25, -0.2) is 4.98 Å². The third-order valence-corrected chi connectivity index (χ3v) is 3.47. The quantitative estimate of drug-likeness (QED) is 0.941. The summed E-state index contributed by atoms with van der Waals surface area (Å²) in [5.41, 5.74) is 7.74. The Morgan fingerprint density at radius 1 is 1.28 bits per heavy atom. The van der Waals surface area contributed by atoms with Gasteiger partial charge < -0.3 is 10.5 Å². The predicted molar refractivity (Wildman–Crippen MR) is 75.9 cm³/mol. The van der Waals surface area contributed by atoms with Crippen LogP contribution < -0.4 is 10.5 Å². The fraction of sp³-hybridized carbons (Fsp3) is 0.214. The SMILES string of the molecule is Cc1cc(Oc2ccc(CCN)cn2)ccc1Br. The molecule has 0 spiro atoms. The largest absolute Gasteiger partial charge is 0.439 e. The van der Waals surface area contributed by atoms with Gasteiger partial charge in [-0.15, -0.1) is 0 Å². The van der Waals surface area contributed by atoms with Gasteiger partial charge in [0.15, 0.2) is 0 Å². The smallest absolute Gasteiger partial charge is 0.219 e. The summed E-state index contributed by atoms with van der Waals surface area (Å²) in [7, 11) is 0. The molecule has 2 N–H and O–H groups in total. The Morgan fingerprint density at radius 2 is 2.11 bits per heavy atom. The van der Waals surface area contributed by atoms with Crippen molar-refractivity contribution in [1.82, 2.24) is 4.98 Å². The van der Waals surface area contributed by atoms with Crippen molar-refractivity contribution in [3.8, 4) is 11.6 Å². The van der Waals surface area contributed by atoms with E-state index in [1.54, 1.807) is 6.20 Å². The molecule has 0 fully saturated rings. The molecule has 0 unspecified atom stereocenters. The van der Waals surface area contributed by atoms with E-state index in [0.717, 1.165) is 27.8 Å². The molecule has 4 heteroatoms. The molecule has 1 aromatic carbocycles. The zero-order chi connectivity index (χ0) is 13.0. The van der Waals surface area contributed by atoms with Crippen LogP contribution in [-0.2, 0) is 6.42 Å². The molecule has 0 atom stereocenters. The van der Waals surface area contributed by atoms with Gasteiger partial charge in [-0.1, -0.05) is 22.0 Å². The molecule has 1 aromatic heterocycles. The molecule has 94 valence electrons. The average molecular weight is 307 g/mol. The average Bonchev–Trinajstić information content (AvgIpc) is 2.37. The molecule has 0 aliphatic heterocycles. The Kier molecular flexibility index (Phi) is 4.33. The van der Waals surface area contributed by atoms with E-state index in [0.29, 0.717) is 12.4 Å². The molecule has 2 aromatic rings. The minimum Gasteiger partial charge on any atom is -0.439 e. The second-order valence-corrected chi connectivity index (χ2v) is 4.91. The molecular weight excluding hydrogens is 292 g/mol. The Hall–Kier alpha value is -1.39. The second kappa shape index (κ2) is 5.98. The van der Waals surface area contributed by atoms with Crippen LogP contribution in [0.5, 0.6) is 11.6 Å². The van der Waals surface area contributed by atoms with Crippen molar-refractivity contribution < 1.29 is 4.74 Å². The van der Waals surface area contributed by atoms with Crippen molar-refractivity contribution in [2.45, 2.75) is 13.3 Å². The molecule has 0 saturated heterocycles. The van der Waals surface area contributed by atoms with E-state index < -0.39 is 0 Å². The topological polar surface area (TPSA) is 48.1 Å². The van der Waals surface area contributed by atoms with Crippen LogP contribution in [0.15, 0.2) is 41.0 Å². The van der Waals surface area contributed by atoms with Crippen molar-refractivity contribution >= 4 is 15.9 Å². The van der Waals surface area contributed by atoms with Crippen LogP contribution in [0.25, 0.3) is 0 Å². The molecule has 0 radical (unpaired) electrons. The molecule has 0 aliphatic carbocycles. The van der Waals surface area contributed by atoms with Crippen LogP contribution in [0.2, 0.25) is 0 Å². The molecule has 1 heterocycles. The van der Waals surface area contributed by atoms with Gasteiger partial charge in [0.05, 0.1) is 0 Å². The van der Waals surface area contributed by atoms with Crippen LogP contribution in [0.4, 0.5) is 0 Å². The van der Waals surface area contributed by atoms with Crippen molar-refractivity contribution in [3.05, 3.63) is 52.1 Å². The number of hydrogen-bond donors (Lipinski definition) is 1. The van der Waals surface area contributed by atoms with Crippen molar-refractivity contribution in [3.63, 3.8) is 0 Å². The Morgan fingerprint density at radius 3 is 2.72 bits per heavy atom. The maximum atomic E-state index is 5.68. The number of halogens is 1. The molecule has 0 saturated carbocycles. The Labute approximate surface area is 115 Å². The number of nitrogens with two attached hydrogens (primary N) is 1. The standard InChI is InChI=1S/C14H15BrN2O/c1-10-8-12(3-4-13(10)15)18-14-5-2-11(6-7-16)9-17-14/h2-5,8-9H,6-7,16H2,1H3. The molecule has 0 aliphatic rings. The summed E-state index contributed by atoms with van der Waals surface area (Å²) in [4.78, 5) is 4.26. The fourth-order valence-electron chi connectivity index (χ4n) is 1.59. The van der Waals surface area contributed by atoms with Gasteiger partial charge >= 0.3 is 0 Å². The number of ether oxygens (including phenoxy) is 1. The number of nitrogens with zero attached hydrogens (tertiary/aromatic N) is 1.